The summed E-state index contributed by atoms with van der Waals surface area (Å²) in [5.74, 6) is 0.722. The Morgan fingerprint density at radius 2 is 2.33 bits per heavy atom. The first-order chi connectivity index (χ1) is 5.56. The van der Waals surface area contributed by atoms with Gasteiger partial charge in [-0.25, -0.2) is 0 Å². The summed E-state index contributed by atoms with van der Waals surface area (Å²) < 4.78 is 0. The molecule has 1 atom stereocenters. The fraction of sp³-hybridized carbons (Fsp3) is 0.889. The summed E-state index contributed by atoms with van der Waals surface area (Å²) in [6, 6.07) is 0. The Morgan fingerprint density at radius 3 is 2.75 bits per heavy atom. The van der Waals surface area contributed by atoms with Crippen molar-refractivity contribution in [2.45, 2.75) is 26.7 Å². The molecule has 1 aliphatic rings. The minimum atomic E-state index is 0.160. The van der Waals surface area contributed by atoms with Crippen LogP contribution in [0.4, 0.5) is 0 Å². The molecule has 70 valence electrons. The van der Waals surface area contributed by atoms with Crippen molar-refractivity contribution >= 4 is 5.91 Å². The molecule has 0 bridgehead atoms. The number of nitrogens with two attached hydrogens (primary N) is 1. The predicted octanol–water partition coefficient (Wildman–Crippen LogP) is 0.497. The van der Waals surface area contributed by atoms with E-state index >= 15 is 0 Å². The van der Waals surface area contributed by atoms with E-state index in [9.17, 15) is 4.79 Å². The first-order valence-electron chi connectivity index (χ1n) is 4.53. The summed E-state index contributed by atoms with van der Waals surface area (Å²) in [6.45, 7) is 5.81. The number of hydrogen-bond acceptors (Lipinski definition) is 2. The maximum Gasteiger partial charge on any atom is 0.220 e. The van der Waals surface area contributed by atoms with Crippen LogP contribution in [0.15, 0.2) is 0 Å². The molecule has 1 heterocycles. The van der Waals surface area contributed by atoms with Crippen molar-refractivity contribution in [3.63, 3.8) is 0 Å². The predicted molar refractivity (Wildman–Crippen MR) is 48.6 cm³/mol. The summed E-state index contributed by atoms with van der Waals surface area (Å²) in [6.07, 6.45) is 1.64. The first-order valence-corrected chi connectivity index (χ1v) is 4.53. The van der Waals surface area contributed by atoms with Crippen molar-refractivity contribution in [1.82, 2.24) is 5.32 Å². The molecule has 0 aromatic heterocycles. The van der Waals surface area contributed by atoms with Crippen LogP contribution >= 0.6 is 0 Å². The van der Waals surface area contributed by atoms with Gasteiger partial charge in [0.15, 0.2) is 0 Å². The Bertz CT molecular complexity index is 167. The van der Waals surface area contributed by atoms with Gasteiger partial charge < -0.3 is 11.1 Å². The lowest BCUT2D eigenvalue weighted by molar-refractivity contribution is -0.123. The molecule has 12 heavy (non-hydrogen) atoms. The third kappa shape index (κ3) is 1.97. The second kappa shape index (κ2) is 3.44. The summed E-state index contributed by atoms with van der Waals surface area (Å²) in [5, 5.41) is 2.88. The minimum Gasteiger partial charge on any atom is -0.356 e. The smallest absolute Gasteiger partial charge is 0.220 e. The molecule has 0 aromatic rings. The Kier molecular flexibility index (Phi) is 2.73. The van der Waals surface area contributed by atoms with E-state index in [2.05, 4.69) is 19.2 Å². The standard InChI is InChI=1S/C9H18N2O/c1-9(2,6-10)7-3-4-8(12)11-5-7/h7H,3-6,10H2,1-2H3,(H,11,12). The van der Waals surface area contributed by atoms with Crippen molar-refractivity contribution in [2.75, 3.05) is 13.1 Å². The number of piperidine rings is 1. The van der Waals surface area contributed by atoms with Crippen molar-refractivity contribution < 1.29 is 4.79 Å². The van der Waals surface area contributed by atoms with E-state index in [1.807, 2.05) is 0 Å². The third-order valence-corrected chi connectivity index (χ3v) is 2.90. The van der Waals surface area contributed by atoms with E-state index in [-0.39, 0.29) is 11.3 Å². The van der Waals surface area contributed by atoms with Crippen LogP contribution < -0.4 is 11.1 Å². The summed E-state index contributed by atoms with van der Waals surface area (Å²) in [4.78, 5) is 10.9. The average molecular weight is 170 g/mol. The second-order valence-corrected chi connectivity index (χ2v) is 4.23. The second-order valence-electron chi connectivity index (χ2n) is 4.23. The van der Waals surface area contributed by atoms with Gasteiger partial charge in [-0.3, -0.25) is 4.79 Å². The maximum absolute atomic E-state index is 10.9. The highest BCUT2D eigenvalue weighted by molar-refractivity contribution is 5.76. The number of hydrogen-bond donors (Lipinski definition) is 2. The van der Waals surface area contributed by atoms with E-state index in [0.717, 1.165) is 13.0 Å². The van der Waals surface area contributed by atoms with Gasteiger partial charge in [-0.1, -0.05) is 13.8 Å². The van der Waals surface area contributed by atoms with E-state index in [4.69, 9.17) is 5.73 Å². The average Bonchev–Trinajstić information content (AvgIpc) is 2.05. The number of carbonyl (C=O) groups is 1. The van der Waals surface area contributed by atoms with Gasteiger partial charge in [0, 0.05) is 13.0 Å². The summed E-state index contributed by atoms with van der Waals surface area (Å²) in [7, 11) is 0. The largest absolute Gasteiger partial charge is 0.356 e. The molecule has 0 saturated carbocycles. The molecule has 1 amide bonds. The van der Waals surface area contributed by atoms with Gasteiger partial charge in [-0.15, -0.1) is 0 Å². The monoisotopic (exact) mass is 170 g/mol. The van der Waals surface area contributed by atoms with Crippen LogP contribution in [0.2, 0.25) is 0 Å². The van der Waals surface area contributed by atoms with Crippen molar-refractivity contribution in [2.24, 2.45) is 17.1 Å². The van der Waals surface area contributed by atoms with Crippen LogP contribution in [0.1, 0.15) is 26.7 Å². The number of nitrogens with one attached hydrogen (secondary N) is 1. The molecule has 1 aliphatic heterocycles. The molecule has 3 heteroatoms. The fourth-order valence-electron chi connectivity index (χ4n) is 1.57. The van der Waals surface area contributed by atoms with Crippen LogP contribution in [0.5, 0.6) is 0 Å². The molecule has 1 rings (SSSR count). The molecule has 3 nitrogen and oxygen atoms in total. The van der Waals surface area contributed by atoms with Crippen LogP contribution in [-0.2, 0) is 4.79 Å². The Morgan fingerprint density at radius 1 is 1.67 bits per heavy atom. The summed E-state index contributed by atoms with van der Waals surface area (Å²) >= 11 is 0. The van der Waals surface area contributed by atoms with Gasteiger partial charge in [0.25, 0.3) is 0 Å². The van der Waals surface area contributed by atoms with E-state index in [1.54, 1.807) is 0 Å². The highest BCUT2D eigenvalue weighted by Crippen LogP contribution is 2.30. The van der Waals surface area contributed by atoms with E-state index < -0.39 is 0 Å². The normalized spacial score (nSPS) is 25.2. The highest BCUT2D eigenvalue weighted by atomic mass is 16.1. The zero-order valence-corrected chi connectivity index (χ0v) is 7.89. The maximum atomic E-state index is 10.9. The van der Waals surface area contributed by atoms with Crippen LogP contribution in [0.3, 0.4) is 0 Å². The van der Waals surface area contributed by atoms with Gasteiger partial charge in [0.1, 0.15) is 0 Å². The Hall–Kier alpha value is -0.570. The van der Waals surface area contributed by atoms with Gasteiger partial charge in [-0.05, 0) is 24.3 Å². The van der Waals surface area contributed by atoms with Crippen molar-refractivity contribution in [1.29, 1.82) is 0 Å². The zero-order valence-electron chi connectivity index (χ0n) is 7.89. The molecular weight excluding hydrogens is 152 g/mol. The fourth-order valence-corrected chi connectivity index (χ4v) is 1.57. The number of carbonyl (C=O) groups excluding carboxylic acids is 1. The Balaban J connectivity index is 2.49. The SMILES string of the molecule is CC(C)(CN)C1CCC(=O)NC1. The summed E-state index contributed by atoms with van der Waals surface area (Å²) in [5.41, 5.74) is 5.82. The van der Waals surface area contributed by atoms with Crippen LogP contribution in [0.25, 0.3) is 0 Å². The van der Waals surface area contributed by atoms with Crippen molar-refractivity contribution in [3.05, 3.63) is 0 Å². The lowest BCUT2D eigenvalue weighted by Crippen LogP contribution is -2.44. The molecular formula is C9H18N2O. The number of amides is 1. The van der Waals surface area contributed by atoms with Crippen LogP contribution in [0, 0.1) is 11.3 Å². The Labute approximate surface area is 73.7 Å². The third-order valence-electron chi connectivity index (χ3n) is 2.90. The lowest BCUT2D eigenvalue weighted by atomic mass is 9.75. The molecule has 0 aromatic carbocycles. The van der Waals surface area contributed by atoms with Gasteiger partial charge in [0.05, 0.1) is 0 Å². The molecule has 0 spiro atoms. The van der Waals surface area contributed by atoms with Gasteiger partial charge >= 0.3 is 0 Å². The van der Waals surface area contributed by atoms with Crippen LogP contribution in [-0.4, -0.2) is 19.0 Å². The van der Waals surface area contributed by atoms with Crippen molar-refractivity contribution in [3.8, 4) is 0 Å². The molecule has 1 fully saturated rings. The highest BCUT2D eigenvalue weighted by Gasteiger charge is 2.30. The van der Waals surface area contributed by atoms with E-state index in [1.165, 1.54) is 0 Å². The van der Waals surface area contributed by atoms with Gasteiger partial charge in [0.2, 0.25) is 5.91 Å². The first kappa shape index (κ1) is 9.52. The topological polar surface area (TPSA) is 55.1 Å². The molecule has 3 N–H and O–H groups in total. The lowest BCUT2D eigenvalue weighted by Gasteiger charge is -2.35. The zero-order chi connectivity index (χ0) is 9.19. The van der Waals surface area contributed by atoms with E-state index in [0.29, 0.717) is 18.9 Å². The molecule has 0 radical (unpaired) electrons. The molecule has 1 saturated heterocycles. The molecule has 0 aliphatic carbocycles. The minimum absolute atomic E-state index is 0.160. The van der Waals surface area contributed by atoms with Gasteiger partial charge in [-0.2, -0.15) is 0 Å². The quantitative estimate of drug-likeness (QED) is 0.634. The molecule has 1 unspecified atom stereocenters. The number of rotatable bonds is 2.